The van der Waals surface area contributed by atoms with E-state index in [9.17, 15) is 9.90 Å². The van der Waals surface area contributed by atoms with Crippen LogP contribution in [0.4, 0.5) is 0 Å². The number of rotatable bonds is 7. The maximum Gasteiger partial charge on any atom is 0.304 e. The highest BCUT2D eigenvalue weighted by molar-refractivity contribution is 5.78. The Bertz CT molecular complexity index is 1130. The first-order valence-electron chi connectivity index (χ1n) is 11.4. The van der Waals surface area contributed by atoms with E-state index in [1.165, 1.54) is 19.3 Å². The third-order valence-corrected chi connectivity index (χ3v) is 6.71. The van der Waals surface area contributed by atoms with Gasteiger partial charge in [0.1, 0.15) is 11.4 Å². The number of nitrogens with one attached hydrogen (secondary N) is 1. The number of H-pyrrole nitrogens is 1. The van der Waals surface area contributed by atoms with Crippen molar-refractivity contribution < 1.29 is 14.6 Å². The quantitative estimate of drug-likeness (QED) is 0.450. The standard InChI is InChI=1S/C27H30N2O3/c1-3-7-20(17-26(30)31)19-10-13-24(14-11-19)32-27(2,22-8-5-4-6-9-22)23-12-15-25-21(16-23)18-28-29-25/h10-16,18,20,22H,4-6,8-9,17H2,1-2H3,(H,28,29)(H,30,31). The Morgan fingerprint density at radius 2 is 1.97 bits per heavy atom. The Balaban J connectivity index is 1.64. The molecular formula is C27H30N2O3. The molecular weight excluding hydrogens is 400 g/mol. The molecule has 0 bridgehead atoms. The highest BCUT2D eigenvalue weighted by atomic mass is 16.5. The highest BCUT2D eigenvalue weighted by Gasteiger charge is 2.39. The topological polar surface area (TPSA) is 75.2 Å². The lowest BCUT2D eigenvalue weighted by Gasteiger charge is -2.40. The highest BCUT2D eigenvalue weighted by Crippen LogP contribution is 2.43. The smallest absolute Gasteiger partial charge is 0.304 e. The predicted molar refractivity (Wildman–Crippen MR) is 126 cm³/mol. The molecule has 0 amide bonds. The number of ether oxygens (including phenoxy) is 1. The van der Waals surface area contributed by atoms with Gasteiger partial charge in [-0.05, 0) is 62.1 Å². The molecule has 0 saturated heterocycles. The zero-order valence-electron chi connectivity index (χ0n) is 18.7. The fourth-order valence-corrected chi connectivity index (χ4v) is 4.90. The van der Waals surface area contributed by atoms with E-state index in [1.807, 2.05) is 30.5 Å². The van der Waals surface area contributed by atoms with E-state index in [1.54, 1.807) is 6.92 Å². The summed E-state index contributed by atoms with van der Waals surface area (Å²) in [5, 5.41) is 17.5. The number of aliphatic carboxylic acids is 1. The van der Waals surface area contributed by atoms with Crippen LogP contribution in [0.1, 0.15) is 69.4 Å². The molecule has 1 aliphatic rings. The number of benzene rings is 2. The fraction of sp³-hybridized carbons (Fsp3) is 0.407. The zero-order chi connectivity index (χ0) is 22.6. The minimum absolute atomic E-state index is 0.00839. The molecule has 5 heteroatoms. The average Bonchev–Trinajstić information content (AvgIpc) is 3.28. The van der Waals surface area contributed by atoms with Gasteiger partial charge in [0.2, 0.25) is 0 Å². The second-order valence-corrected chi connectivity index (χ2v) is 8.83. The fourth-order valence-electron chi connectivity index (χ4n) is 4.90. The number of hydrogen-bond acceptors (Lipinski definition) is 3. The number of hydrogen-bond donors (Lipinski definition) is 2. The van der Waals surface area contributed by atoms with Crippen molar-refractivity contribution in [3.8, 4) is 17.6 Å². The molecule has 1 heterocycles. The summed E-state index contributed by atoms with van der Waals surface area (Å²) in [5.41, 5.74) is 2.61. The lowest BCUT2D eigenvalue weighted by atomic mass is 9.74. The molecule has 4 rings (SSSR count). The van der Waals surface area contributed by atoms with Crippen molar-refractivity contribution in [3.05, 3.63) is 59.8 Å². The molecule has 166 valence electrons. The lowest BCUT2D eigenvalue weighted by Crippen LogP contribution is -2.39. The molecule has 2 unspecified atom stereocenters. The van der Waals surface area contributed by atoms with Crippen LogP contribution in [-0.2, 0) is 10.4 Å². The van der Waals surface area contributed by atoms with Gasteiger partial charge in [0.15, 0.2) is 0 Å². The normalized spacial score (nSPS) is 17.2. The SMILES string of the molecule is CC#CC(CC(=O)O)c1ccc(OC(C)(c2ccc3[nH]ncc3c2)C2CCCCC2)cc1. The van der Waals surface area contributed by atoms with Crippen molar-refractivity contribution in [2.45, 2.75) is 63.9 Å². The summed E-state index contributed by atoms with van der Waals surface area (Å²) in [6, 6.07) is 14.2. The van der Waals surface area contributed by atoms with Crippen LogP contribution in [0.2, 0.25) is 0 Å². The van der Waals surface area contributed by atoms with Gasteiger partial charge in [-0.3, -0.25) is 9.89 Å². The van der Waals surface area contributed by atoms with Gasteiger partial charge in [0.05, 0.1) is 24.1 Å². The van der Waals surface area contributed by atoms with Gasteiger partial charge in [0, 0.05) is 11.3 Å². The Morgan fingerprint density at radius 1 is 1.22 bits per heavy atom. The van der Waals surface area contributed by atoms with Crippen LogP contribution in [0.3, 0.4) is 0 Å². The third kappa shape index (κ3) is 4.65. The molecule has 32 heavy (non-hydrogen) atoms. The molecule has 2 N–H and O–H groups in total. The summed E-state index contributed by atoms with van der Waals surface area (Å²) in [5.74, 6) is 5.90. The van der Waals surface area contributed by atoms with E-state index in [4.69, 9.17) is 4.74 Å². The monoisotopic (exact) mass is 430 g/mol. The van der Waals surface area contributed by atoms with Gasteiger partial charge in [-0.15, -0.1) is 5.92 Å². The van der Waals surface area contributed by atoms with Crippen molar-refractivity contribution >= 4 is 16.9 Å². The molecule has 0 spiro atoms. The van der Waals surface area contributed by atoms with Crippen molar-refractivity contribution in [2.75, 3.05) is 0 Å². The van der Waals surface area contributed by atoms with Crippen molar-refractivity contribution in [1.29, 1.82) is 0 Å². The van der Waals surface area contributed by atoms with E-state index >= 15 is 0 Å². The summed E-state index contributed by atoms with van der Waals surface area (Å²) in [6.07, 6.45) is 7.87. The number of carboxylic acids is 1. The van der Waals surface area contributed by atoms with Gasteiger partial charge in [-0.2, -0.15) is 5.10 Å². The zero-order valence-corrected chi connectivity index (χ0v) is 18.7. The number of aromatic amines is 1. The minimum atomic E-state index is -0.849. The first kappa shape index (κ1) is 22.0. The van der Waals surface area contributed by atoms with Crippen LogP contribution in [-0.4, -0.2) is 21.3 Å². The van der Waals surface area contributed by atoms with Crippen LogP contribution >= 0.6 is 0 Å². The first-order valence-corrected chi connectivity index (χ1v) is 11.4. The number of aromatic nitrogens is 2. The molecule has 1 aliphatic carbocycles. The summed E-state index contributed by atoms with van der Waals surface area (Å²) < 4.78 is 6.75. The van der Waals surface area contributed by atoms with E-state index in [2.05, 4.69) is 47.2 Å². The van der Waals surface area contributed by atoms with Crippen LogP contribution in [0.15, 0.2) is 48.7 Å². The van der Waals surface area contributed by atoms with E-state index in [-0.39, 0.29) is 12.3 Å². The van der Waals surface area contributed by atoms with Crippen molar-refractivity contribution in [2.24, 2.45) is 5.92 Å². The maximum absolute atomic E-state index is 11.2. The van der Waals surface area contributed by atoms with Crippen LogP contribution in [0.25, 0.3) is 10.9 Å². The van der Waals surface area contributed by atoms with Gasteiger partial charge in [-0.1, -0.05) is 43.4 Å². The van der Waals surface area contributed by atoms with Crippen molar-refractivity contribution in [1.82, 2.24) is 10.2 Å². The Labute approximate surface area is 189 Å². The minimum Gasteiger partial charge on any atom is -0.483 e. The summed E-state index contributed by atoms with van der Waals surface area (Å²) >= 11 is 0. The average molecular weight is 431 g/mol. The molecule has 1 aromatic heterocycles. The second-order valence-electron chi connectivity index (χ2n) is 8.83. The number of carboxylic acid groups (broad SMARTS) is 1. The molecule has 5 nitrogen and oxygen atoms in total. The maximum atomic E-state index is 11.2. The molecule has 3 aromatic rings. The molecule has 2 aromatic carbocycles. The summed E-state index contributed by atoms with van der Waals surface area (Å²) in [6.45, 7) is 3.94. The van der Waals surface area contributed by atoms with Gasteiger partial charge in [-0.25, -0.2) is 0 Å². The number of nitrogens with zero attached hydrogens (tertiary/aromatic N) is 1. The van der Waals surface area contributed by atoms with Gasteiger partial charge in [0.25, 0.3) is 0 Å². The van der Waals surface area contributed by atoms with Crippen molar-refractivity contribution in [3.63, 3.8) is 0 Å². The third-order valence-electron chi connectivity index (χ3n) is 6.71. The molecule has 2 atom stereocenters. The van der Waals surface area contributed by atoms with E-state index < -0.39 is 11.6 Å². The van der Waals surface area contributed by atoms with Crippen LogP contribution in [0, 0.1) is 17.8 Å². The molecule has 1 saturated carbocycles. The van der Waals surface area contributed by atoms with Gasteiger partial charge < -0.3 is 9.84 Å². The first-order chi connectivity index (χ1) is 15.5. The Hall–Kier alpha value is -3.26. The van der Waals surface area contributed by atoms with E-state index in [0.717, 1.165) is 40.6 Å². The molecule has 0 aliphatic heterocycles. The molecule has 0 radical (unpaired) electrons. The summed E-state index contributed by atoms with van der Waals surface area (Å²) in [4.78, 5) is 11.2. The Morgan fingerprint density at radius 3 is 2.66 bits per heavy atom. The largest absolute Gasteiger partial charge is 0.483 e. The lowest BCUT2D eigenvalue weighted by molar-refractivity contribution is -0.137. The summed E-state index contributed by atoms with van der Waals surface area (Å²) in [7, 11) is 0. The molecule has 1 fully saturated rings. The van der Waals surface area contributed by atoms with Crippen LogP contribution in [0.5, 0.6) is 5.75 Å². The second kappa shape index (κ2) is 9.48. The Kier molecular flexibility index (Phi) is 6.50. The number of carbonyl (C=O) groups is 1. The van der Waals surface area contributed by atoms with Crippen LogP contribution < -0.4 is 4.74 Å². The van der Waals surface area contributed by atoms with Gasteiger partial charge >= 0.3 is 5.97 Å². The number of fused-ring (bicyclic) bond motifs is 1. The van der Waals surface area contributed by atoms with E-state index in [0.29, 0.717) is 5.92 Å². The predicted octanol–water partition coefficient (Wildman–Crippen LogP) is 6.02.